The van der Waals surface area contributed by atoms with Crippen LogP contribution in [0, 0.1) is 23.4 Å². The van der Waals surface area contributed by atoms with Crippen LogP contribution in [-0.4, -0.2) is 27.5 Å². The summed E-state index contributed by atoms with van der Waals surface area (Å²) in [4.78, 5) is 24.6. The summed E-state index contributed by atoms with van der Waals surface area (Å²) in [6, 6.07) is 1.89. The van der Waals surface area contributed by atoms with Crippen molar-refractivity contribution in [2.24, 2.45) is 7.05 Å². The first-order valence-corrected chi connectivity index (χ1v) is 7.92. The van der Waals surface area contributed by atoms with Crippen LogP contribution in [0.4, 0.5) is 17.6 Å². The minimum atomic E-state index is -4.97. The summed E-state index contributed by atoms with van der Waals surface area (Å²) in [6.07, 6.45) is -1.20. The molecule has 0 saturated carbocycles. The highest BCUT2D eigenvalue weighted by Crippen LogP contribution is 2.36. The predicted octanol–water partition coefficient (Wildman–Crippen LogP) is 1.49. The van der Waals surface area contributed by atoms with Crippen molar-refractivity contribution in [3.05, 3.63) is 61.3 Å². The highest BCUT2D eigenvalue weighted by atomic mass is 19.4. The lowest BCUT2D eigenvalue weighted by Crippen LogP contribution is -2.41. The van der Waals surface area contributed by atoms with Crippen molar-refractivity contribution in [2.75, 3.05) is 13.3 Å². The minimum Gasteiger partial charge on any atom is -0.781 e. The second-order valence-electron chi connectivity index (χ2n) is 5.94. The molecule has 1 unspecified atom stereocenters. The number of fused-ring (bicyclic) bond motifs is 1. The number of aromatic nitrogens is 2. The van der Waals surface area contributed by atoms with Gasteiger partial charge in [0.1, 0.15) is 31.0 Å². The minimum absolute atomic E-state index is 0.0493. The van der Waals surface area contributed by atoms with Crippen LogP contribution in [0.3, 0.4) is 0 Å². The molecule has 0 amide bonds. The molecular weight excluding hydrogens is 402 g/mol. The molecular formula is C17H12F4N3O5-. The number of nitrogens with zero attached hydrogens (tertiary/aromatic N) is 3. The SMILES string of the molecule is C#CCOC1c2cc(-n3c(=O)cc(C(F)(F)F)n(C)c3=O)c(F)cc2OCN1[O-]. The van der Waals surface area contributed by atoms with Crippen molar-refractivity contribution in [1.29, 1.82) is 0 Å². The molecule has 1 atom stereocenters. The summed E-state index contributed by atoms with van der Waals surface area (Å²) in [5.41, 5.74) is -5.05. The monoisotopic (exact) mass is 414 g/mol. The molecule has 8 nitrogen and oxygen atoms in total. The number of hydrogen-bond donors (Lipinski definition) is 0. The van der Waals surface area contributed by atoms with Crippen molar-refractivity contribution in [2.45, 2.75) is 12.4 Å². The molecule has 1 aliphatic rings. The fourth-order valence-electron chi connectivity index (χ4n) is 2.82. The summed E-state index contributed by atoms with van der Waals surface area (Å²) in [5.74, 6) is 0.925. The van der Waals surface area contributed by atoms with Gasteiger partial charge >= 0.3 is 11.9 Å². The number of hydroxylamine groups is 2. The Balaban J connectivity index is 2.23. The van der Waals surface area contributed by atoms with Crippen molar-refractivity contribution in [1.82, 2.24) is 14.2 Å². The Hall–Kier alpha value is -3.14. The molecule has 0 fully saturated rings. The molecule has 0 spiro atoms. The normalized spacial score (nSPS) is 16.8. The van der Waals surface area contributed by atoms with Crippen molar-refractivity contribution in [3.8, 4) is 23.8 Å². The second-order valence-corrected chi connectivity index (χ2v) is 5.94. The van der Waals surface area contributed by atoms with E-state index in [1.54, 1.807) is 0 Å². The topological polar surface area (TPSA) is 88.8 Å². The maximum atomic E-state index is 14.6. The lowest BCUT2D eigenvalue weighted by atomic mass is 10.1. The molecule has 29 heavy (non-hydrogen) atoms. The largest absolute Gasteiger partial charge is 0.781 e. The second kappa shape index (κ2) is 7.36. The van der Waals surface area contributed by atoms with E-state index in [9.17, 15) is 32.4 Å². The number of benzene rings is 1. The third kappa shape index (κ3) is 3.63. The fourth-order valence-corrected chi connectivity index (χ4v) is 2.82. The molecule has 1 aromatic carbocycles. The maximum Gasteiger partial charge on any atom is 0.431 e. The molecule has 2 heterocycles. The van der Waals surface area contributed by atoms with Gasteiger partial charge in [0, 0.05) is 24.7 Å². The Labute approximate surface area is 160 Å². The van der Waals surface area contributed by atoms with Gasteiger partial charge in [-0.1, -0.05) is 5.92 Å². The highest BCUT2D eigenvalue weighted by Gasteiger charge is 2.35. The Bertz CT molecular complexity index is 1120. The molecule has 1 aliphatic heterocycles. The fraction of sp³-hybridized carbons (Fsp3) is 0.294. The van der Waals surface area contributed by atoms with Crippen molar-refractivity contribution in [3.63, 3.8) is 0 Å². The van der Waals surface area contributed by atoms with Gasteiger partial charge < -0.3 is 19.7 Å². The van der Waals surface area contributed by atoms with Crippen molar-refractivity contribution < 1.29 is 27.0 Å². The Morgan fingerprint density at radius 2 is 2.03 bits per heavy atom. The zero-order chi connectivity index (χ0) is 21.5. The molecule has 0 bridgehead atoms. The maximum absolute atomic E-state index is 14.6. The van der Waals surface area contributed by atoms with Gasteiger partial charge in [0.15, 0.2) is 5.82 Å². The molecule has 12 heteroatoms. The Morgan fingerprint density at radius 3 is 2.66 bits per heavy atom. The lowest BCUT2D eigenvalue weighted by molar-refractivity contribution is -0.144. The van der Waals surface area contributed by atoms with E-state index in [4.69, 9.17) is 15.9 Å². The van der Waals surface area contributed by atoms with Crippen molar-refractivity contribution >= 4 is 0 Å². The van der Waals surface area contributed by atoms with Crippen LogP contribution in [0.1, 0.15) is 17.5 Å². The van der Waals surface area contributed by atoms with E-state index in [1.807, 2.05) is 0 Å². The smallest absolute Gasteiger partial charge is 0.431 e. The van der Waals surface area contributed by atoms with Crippen LogP contribution in [0.15, 0.2) is 27.8 Å². The van der Waals surface area contributed by atoms with Gasteiger partial charge in [-0.25, -0.2) is 13.8 Å². The first-order valence-electron chi connectivity index (χ1n) is 7.92. The van der Waals surface area contributed by atoms with Crippen LogP contribution in [0.2, 0.25) is 0 Å². The van der Waals surface area contributed by atoms with Gasteiger partial charge in [-0.2, -0.15) is 13.2 Å². The predicted molar refractivity (Wildman–Crippen MR) is 90.5 cm³/mol. The summed E-state index contributed by atoms with van der Waals surface area (Å²) >= 11 is 0. The van der Waals surface area contributed by atoms with E-state index in [2.05, 4.69) is 5.92 Å². The number of ether oxygens (including phenoxy) is 2. The summed E-state index contributed by atoms with van der Waals surface area (Å²) < 4.78 is 64.2. The molecule has 2 aromatic rings. The van der Waals surface area contributed by atoms with Crippen LogP contribution in [0.5, 0.6) is 5.75 Å². The Kier molecular flexibility index (Phi) is 5.22. The van der Waals surface area contributed by atoms with Crippen LogP contribution in [0.25, 0.3) is 5.69 Å². The van der Waals surface area contributed by atoms with E-state index in [-0.39, 0.29) is 33.1 Å². The summed E-state index contributed by atoms with van der Waals surface area (Å²) in [7, 11) is 0.790. The van der Waals surface area contributed by atoms with E-state index in [0.29, 0.717) is 5.06 Å². The first-order chi connectivity index (χ1) is 13.6. The van der Waals surface area contributed by atoms with Gasteiger partial charge in [0.05, 0.1) is 5.69 Å². The molecule has 0 saturated heterocycles. The Morgan fingerprint density at radius 1 is 1.34 bits per heavy atom. The molecule has 1 aromatic heterocycles. The summed E-state index contributed by atoms with van der Waals surface area (Å²) in [6.45, 7) is -0.777. The number of alkyl halides is 3. The number of terminal acetylenes is 1. The lowest BCUT2D eigenvalue weighted by Gasteiger charge is -2.40. The number of hydrogen-bond acceptors (Lipinski definition) is 6. The van der Waals surface area contributed by atoms with Gasteiger partial charge in [-0.3, -0.25) is 9.36 Å². The third-order valence-electron chi connectivity index (χ3n) is 4.13. The average Bonchev–Trinajstić information content (AvgIpc) is 2.64. The molecule has 0 N–H and O–H groups in total. The third-order valence-corrected chi connectivity index (χ3v) is 4.13. The molecule has 3 rings (SSSR count). The summed E-state index contributed by atoms with van der Waals surface area (Å²) in [5, 5.41) is 12.3. The van der Waals surface area contributed by atoms with E-state index in [1.165, 1.54) is 0 Å². The zero-order valence-corrected chi connectivity index (χ0v) is 14.7. The van der Waals surface area contributed by atoms with Gasteiger partial charge in [-0.05, 0) is 6.07 Å². The van der Waals surface area contributed by atoms with E-state index < -0.39 is 47.6 Å². The van der Waals surface area contributed by atoms with Gasteiger partial charge in [0.2, 0.25) is 0 Å². The number of halogens is 4. The van der Waals surface area contributed by atoms with Crippen LogP contribution >= 0.6 is 0 Å². The van der Waals surface area contributed by atoms with E-state index >= 15 is 0 Å². The molecule has 0 radical (unpaired) electrons. The van der Waals surface area contributed by atoms with Crippen LogP contribution in [-0.2, 0) is 18.0 Å². The quantitative estimate of drug-likeness (QED) is 0.559. The zero-order valence-electron chi connectivity index (χ0n) is 14.7. The molecule has 0 aliphatic carbocycles. The van der Waals surface area contributed by atoms with Gasteiger partial charge in [0.25, 0.3) is 5.56 Å². The standard InChI is InChI=1S/C17H12F4N3O5/c1-3-4-28-15-9-5-11(10(18)6-12(9)29-8-23(15)27)24-14(25)7-13(17(19,20)21)22(2)16(24)26/h1,5-7,15H,4,8H2,2H3/q-1. The molecule has 154 valence electrons. The highest BCUT2D eigenvalue weighted by molar-refractivity contribution is 5.47. The van der Waals surface area contributed by atoms with E-state index in [0.717, 1.165) is 19.2 Å². The first kappa shape index (κ1) is 20.6. The van der Waals surface area contributed by atoms with Crippen LogP contribution < -0.4 is 16.0 Å². The number of rotatable bonds is 3. The average molecular weight is 414 g/mol. The van der Waals surface area contributed by atoms with Gasteiger partial charge in [-0.15, -0.1) is 6.42 Å².